The van der Waals surface area contributed by atoms with Gasteiger partial charge in [-0.1, -0.05) is 12.1 Å². The molecule has 1 saturated heterocycles. The maximum atomic E-state index is 13.0. The van der Waals surface area contributed by atoms with E-state index in [1.165, 1.54) is 36.4 Å². The molecule has 2 aromatic rings. The van der Waals surface area contributed by atoms with Crippen molar-refractivity contribution in [2.24, 2.45) is 5.92 Å². The number of hydrogen-bond acceptors (Lipinski definition) is 3. The maximum absolute atomic E-state index is 13.0. The van der Waals surface area contributed by atoms with Crippen LogP contribution in [0, 0.1) is 11.7 Å². The van der Waals surface area contributed by atoms with Gasteiger partial charge in [-0.2, -0.15) is 0 Å². The molecule has 134 valence electrons. The lowest BCUT2D eigenvalue weighted by molar-refractivity contribution is 0.0632. The number of nitrogens with zero attached hydrogens (tertiary/aromatic N) is 1. The van der Waals surface area contributed by atoms with E-state index in [4.69, 9.17) is 0 Å². The number of carboxylic acid groups (broad SMARTS) is 1. The Morgan fingerprint density at radius 1 is 0.923 bits per heavy atom. The zero-order valence-electron chi connectivity index (χ0n) is 14.0. The highest BCUT2D eigenvalue weighted by Gasteiger charge is 2.29. The van der Waals surface area contributed by atoms with Gasteiger partial charge in [0.05, 0.1) is 11.1 Å². The molecule has 26 heavy (non-hydrogen) atoms. The number of Topliss-reactive ketones (excluding diaryl/α,β-unsaturated/α-hetero) is 1. The second kappa shape index (κ2) is 7.47. The monoisotopic (exact) mass is 355 g/mol. The number of aromatic carboxylic acids is 1. The molecule has 1 aliphatic rings. The van der Waals surface area contributed by atoms with Gasteiger partial charge >= 0.3 is 5.97 Å². The Morgan fingerprint density at radius 2 is 1.50 bits per heavy atom. The van der Waals surface area contributed by atoms with Gasteiger partial charge in [0.25, 0.3) is 5.91 Å². The number of rotatable bonds is 4. The summed E-state index contributed by atoms with van der Waals surface area (Å²) in [5.41, 5.74) is 0.595. The summed E-state index contributed by atoms with van der Waals surface area (Å²) in [6, 6.07) is 11.6. The molecular weight excluding hydrogens is 337 g/mol. The van der Waals surface area contributed by atoms with E-state index >= 15 is 0 Å². The fourth-order valence-corrected chi connectivity index (χ4v) is 3.22. The van der Waals surface area contributed by atoms with Crippen LogP contribution in [0.1, 0.15) is 43.9 Å². The number of amides is 1. The molecule has 5 nitrogen and oxygen atoms in total. The van der Waals surface area contributed by atoms with E-state index in [0.29, 0.717) is 31.5 Å². The van der Waals surface area contributed by atoms with E-state index in [2.05, 4.69) is 0 Å². The fraction of sp³-hybridized carbons (Fsp3) is 0.250. The molecule has 2 aromatic carbocycles. The third-order valence-corrected chi connectivity index (χ3v) is 4.67. The largest absolute Gasteiger partial charge is 0.478 e. The number of carbonyl (C=O) groups excluding carboxylic acids is 2. The summed E-state index contributed by atoms with van der Waals surface area (Å²) in [6.07, 6.45) is 0.994. The standard InChI is InChI=1S/C20H18FNO4/c21-15-7-5-13(6-8-15)18(23)14-9-11-22(12-10-14)19(24)16-3-1-2-4-17(16)20(25)26/h1-8,14H,9-12H2,(H,25,26). The molecule has 1 fully saturated rings. The minimum atomic E-state index is -1.14. The Hall–Kier alpha value is -3.02. The summed E-state index contributed by atoms with van der Waals surface area (Å²) < 4.78 is 13.0. The summed E-state index contributed by atoms with van der Waals surface area (Å²) in [4.78, 5) is 38.0. The molecule has 1 amide bonds. The van der Waals surface area contributed by atoms with Crippen LogP contribution < -0.4 is 0 Å². The average molecular weight is 355 g/mol. The van der Waals surface area contributed by atoms with Gasteiger partial charge < -0.3 is 10.0 Å². The summed E-state index contributed by atoms with van der Waals surface area (Å²) >= 11 is 0. The highest BCUT2D eigenvalue weighted by molar-refractivity contribution is 6.05. The maximum Gasteiger partial charge on any atom is 0.336 e. The topological polar surface area (TPSA) is 74.7 Å². The molecule has 1 aliphatic heterocycles. The van der Waals surface area contributed by atoms with Crippen LogP contribution in [0.3, 0.4) is 0 Å². The van der Waals surface area contributed by atoms with Crippen LogP contribution in [-0.2, 0) is 0 Å². The molecule has 0 atom stereocenters. The third kappa shape index (κ3) is 3.64. The Balaban J connectivity index is 1.67. The summed E-state index contributed by atoms with van der Waals surface area (Å²) in [7, 11) is 0. The highest BCUT2D eigenvalue weighted by atomic mass is 19.1. The minimum absolute atomic E-state index is 0.0259. The summed E-state index contributed by atoms with van der Waals surface area (Å²) in [5.74, 6) is -2.15. The van der Waals surface area contributed by atoms with E-state index in [1.54, 1.807) is 17.0 Å². The van der Waals surface area contributed by atoms with Crippen molar-refractivity contribution in [3.8, 4) is 0 Å². The molecule has 0 unspecified atom stereocenters. The van der Waals surface area contributed by atoms with Gasteiger partial charge in [0.15, 0.2) is 5.78 Å². The lowest BCUT2D eigenvalue weighted by atomic mass is 9.88. The molecule has 0 aliphatic carbocycles. The zero-order chi connectivity index (χ0) is 18.7. The van der Waals surface area contributed by atoms with Crippen molar-refractivity contribution in [2.45, 2.75) is 12.8 Å². The van der Waals surface area contributed by atoms with Gasteiger partial charge in [-0.05, 0) is 49.2 Å². The molecule has 0 spiro atoms. The van der Waals surface area contributed by atoms with Gasteiger partial charge in [-0.3, -0.25) is 9.59 Å². The minimum Gasteiger partial charge on any atom is -0.478 e. The first-order valence-electron chi connectivity index (χ1n) is 8.38. The second-order valence-corrected chi connectivity index (χ2v) is 6.29. The van der Waals surface area contributed by atoms with Crippen LogP contribution in [0.25, 0.3) is 0 Å². The van der Waals surface area contributed by atoms with Gasteiger partial charge in [0.1, 0.15) is 5.82 Å². The van der Waals surface area contributed by atoms with E-state index in [0.717, 1.165) is 0 Å². The molecule has 1 N–H and O–H groups in total. The first kappa shape index (κ1) is 17.8. The fourth-order valence-electron chi connectivity index (χ4n) is 3.22. The lowest BCUT2D eigenvalue weighted by Crippen LogP contribution is -2.40. The molecule has 3 rings (SSSR count). The first-order valence-corrected chi connectivity index (χ1v) is 8.38. The molecule has 0 saturated carbocycles. The number of ketones is 1. The smallest absolute Gasteiger partial charge is 0.336 e. The van der Waals surface area contributed by atoms with Crippen LogP contribution in [-0.4, -0.2) is 40.8 Å². The predicted octanol–water partition coefficient (Wildman–Crippen LogP) is 3.26. The number of carboxylic acids is 1. The number of carbonyl (C=O) groups is 3. The van der Waals surface area contributed by atoms with Crippen molar-refractivity contribution in [2.75, 3.05) is 13.1 Å². The number of benzene rings is 2. The van der Waals surface area contributed by atoms with E-state index in [1.807, 2.05) is 0 Å². The van der Waals surface area contributed by atoms with Crippen molar-refractivity contribution in [1.82, 2.24) is 4.90 Å². The molecular formula is C20H18FNO4. The first-order chi connectivity index (χ1) is 12.5. The van der Waals surface area contributed by atoms with Crippen LogP contribution in [0.4, 0.5) is 4.39 Å². The summed E-state index contributed by atoms with van der Waals surface area (Å²) in [5, 5.41) is 9.23. The van der Waals surface area contributed by atoms with Crippen LogP contribution >= 0.6 is 0 Å². The number of hydrogen-bond donors (Lipinski definition) is 1. The van der Waals surface area contributed by atoms with Gasteiger partial charge in [0.2, 0.25) is 0 Å². The number of likely N-dealkylation sites (tertiary alicyclic amines) is 1. The van der Waals surface area contributed by atoms with Gasteiger partial charge in [0, 0.05) is 24.6 Å². The molecule has 0 aromatic heterocycles. The number of halogens is 1. The van der Waals surface area contributed by atoms with E-state index < -0.39 is 5.97 Å². The quantitative estimate of drug-likeness (QED) is 0.854. The normalized spacial score (nSPS) is 14.9. The van der Waals surface area contributed by atoms with Gasteiger partial charge in [-0.25, -0.2) is 9.18 Å². The van der Waals surface area contributed by atoms with Crippen molar-refractivity contribution in [3.05, 3.63) is 71.0 Å². The summed E-state index contributed by atoms with van der Waals surface area (Å²) in [6.45, 7) is 0.759. The Kier molecular flexibility index (Phi) is 5.11. The second-order valence-electron chi connectivity index (χ2n) is 6.29. The Morgan fingerprint density at radius 3 is 2.08 bits per heavy atom. The SMILES string of the molecule is O=C(O)c1ccccc1C(=O)N1CCC(C(=O)c2ccc(F)cc2)CC1. The van der Waals surface area contributed by atoms with E-state index in [-0.39, 0.29) is 34.6 Å². The molecule has 6 heteroatoms. The zero-order valence-corrected chi connectivity index (χ0v) is 14.0. The van der Waals surface area contributed by atoms with E-state index in [9.17, 15) is 23.9 Å². The average Bonchev–Trinajstić information content (AvgIpc) is 2.67. The molecule has 0 bridgehead atoms. The Labute approximate surface area is 150 Å². The van der Waals surface area contributed by atoms with Crippen LogP contribution in [0.5, 0.6) is 0 Å². The Bertz CT molecular complexity index is 839. The predicted molar refractivity (Wildman–Crippen MR) is 92.8 cm³/mol. The lowest BCUT2D eigenvalue weighted by Gasteiger charge is -2.31. The third-order valence-electron chi connectivity index (χ3n) is 4.67. The van der Waals surface area contributed by atoms with Crippen LogP contribution in [0.15, 0.2) is 48.5 Å². The molecule has 1 heterocycles. The number of piperidine rings is 1. The highest BCUT2D eigenvalue weighted by Crippen LogP contribution is 2.24. The van der Waals surface area contributed by atoms with Gasteiger partial charge in [-0.15, -0.1) is 0 Å². The van der Waals surface area contributed by atoms with Crippen LogP contribution in [0.2, 0.25) is 0 Å². The van der Waals surface area contributed by atoms with Crippen molar-refractivity contribution in [3.63, 3.8) is 0 Å². The van der Waals surface area contributed by atoms with Crippen molar-refractivity contribution < 1.29 is 23.9 Å². The molecule has 0 radical (unpaired) electrons. The van der Waals surface area contributed by atoms with Crippen molar-refractivity contribution in [1.29, 1.82) is 0 Å². The van der Waals surface area contributed by atoms with Crippen molar-refractivity contribution >= 4 is 17.7 Å².